The largest absolute Gasteiger partial charge is 0.480 e. The lowest BCUT2D eigenvalue weighted by atomic mass is 10.0. The molecule has 19 heavy (non-hydrogen) atoms. The Kier molecular flexibility index (Phi) is 8.63. The van der Waals surface area contributed by atoms with Crippen LogP contribution < -0.4 is 5.32 Å². The Bertz CT molecular complexity index is 298. The molecule has 2 N–H and O–H groups in total. The number of rotatable bonds is 8. The van der Waals surface area contributed by atoms with Crippen LogP contribution in [0.2, 0.25) is 0 Å². The predicted octanol–water partition coefficient (Wildman–Crippen LogP) is 2.27. The second-order valence-corrected chi connectivity index (χ2v) is 6.20. The number of thioether (sulfide) groups is 1. The van der Waals surface area contributed by atoms with E-state index in [1.807, 2.05) is 13.2 Å². The summed E-state index contributed by atoms with van der Waals surface area (Å²) in [6.07, 6.45) is 3.25. The highest BCUT2D eigenvalue weighted by molar-refractivity contribution is 7.98. The van der Waals surface area contributed by atoms with E-state index in [2.05, 4.69) is 19.2 Å². The number of nitrogens with zero attached hydrogens (tertiary/aromatic N) is 1. The molecule has 0 heterocycles. The number of carboxylic acid groups (broad SMARTS) is 1. The van der Waals surface area contributed by atoms with Crippen molar-refractivity contribution in [1.82, 2.24) is 10.2 Å². The average molecular weight is 290 g/mol. The summed E-state index contributed by atoms with van der Waals surface area (Å²) in [7, 11) is 1.70. The van der Waals surface area contributed by atoms with Gasteiger partial charge in [0.15, 0.2) is 0 Å². The lowest BCUT2D eigenvalue weighted by Crippen LogP contribution is -2.49. The first-order valence-corrected chi connectivity index (χ1v) is 7.94. The van der Waals surface area contributed by atoms with Crippen molar-refractivity contribution in [2.45, 2.75) is 45.7 Å². The van der Waals surface area contributed by atoms with Crippen LogP contribution in [0.4, 0.5) is 4.79 Å². The molecule has 0 aliphatic heterocycles. The summed E-state index contributed by atoms with van der Waals surface area (Å²) in [4.78, 5) is 24.6. The minimum Gasteiger partial charge on any atom is -0.480 e. The summed E-state index contributed by atoms with van der Waals surface area (Å²) in [5.74, 6) is 0.229. The molecule has 0 saturated carbocycles. The average Bonchev–Trinajstić information content (AvgIpc) is 2.31. The molecule has 0 saturated heterocycles. The van der Waals surface area contributed by atoms with Crippen LogP contribution in [0.25, 0.3) is 0 Å². The Balaban J connectivity index is 4.41. The molecule has 0 aromatic heterocycles. The number of carbonyl (C=O) groups is 2. The number of urea groups is 1. The quantitative estimate of drug-likeness (QED) is 0.719. The van der Waals surface area contributed by atoms with E-state index in [-0.39, 0.29) is 12.1 Å². The number of carboxylic acids is 1. The van der Waals surface area contributed by atoms with Gasteiger partial charge in [0.1, 0.15) is 6.04 Å². The summed E-state index contributed by atoms with van der Waals surface area (Å²) in [5, 5.41) is 11.7. The van der Waals surface area contributed by atoms with E-state index < -0.39 is 12.0 Å². The highest BCUT2D eigenvalue weighted by Crippen LogP contribution is 2.10. The number of hydrogen-bond acceptors (Lipinski definition) is 3. The smallest absolute Gasteiger partial charge is 0.326 e. The minimum absolute atomic E-state index is 0.0926. The first-order valence-electron chi connectivity index (χ1n) is 6.54. The topological polar surface area (TPSA) is 69.6 Å². The van der Waals surface area contributed by atoms with Crippen molar-refractivity contribution in [3.63, 3.8) is 0 Å². The Morgan fingerprint density at radius 2 is 1.89 bits per heavy atom. The van der Waals surface area contributed by atoms with E-state index in [1.165, 1.54) is 0 Å². The Morgan fingerprint density at radius 1 is 1.32 bits per heavy atom. The molecule has 0 aromatic rings. The van der Waals surface area contributed by atoms with E-state index in [9.17, 15) is 9.59 Å². The molecule has 0 radical (unpaired) electrons. The second-order valence-electron chi connectivity index (χ2n) is 5.21. The number of carbonyl (C=O) groups excluding carboxylic acids is 1. The Labute approximate surface area is 120 Å². The fraction of sp³-hybridized carbons (Fsp3) is 0.846. The molecule has 5 nitrogen and oxygen atoms in total. The van der Waals surface area contributed by atoms with E-state index in [4.69, 9.17) is 5.11 Å². The van der Waals surface area contributed by atoms with E-state index in [0.717, 1.165) is 6.42 Å². The molecule has 2 unspecified atom stereocenters. The maximum Gasteiger partial charge on any atom is 0.326 e. The van der Waals surface area contributed by atoms with Gasteiger partial charge in [-0.2, -0.15) is 11.8 Å². The zero-order chi connectivity index (χ0) is 15.0. The van der Waals surface area contributed by atoms with Crippen LogP contribution in [0.5, 0.6) is 0 Å². The molecule has 2 atom stereocenters. The van der Waals surface area contributed by atoms with E-state index in [0.29, 0.717) is 18.1 Å². The normalized spacial score (nSPS) is 14.0. The van der Waals surface area contributed by atoms with Crippen molar-refractivity contribution in [2.24, 2.45) is 5.92 Å². The van der Waals surface area contributed by atoms with Gasteiger partial charge in [0, 0.05) is 13.1 Å². The Hall–Kier alpha value is -0.910. The van der Waals surface area contributed by atoms with Crippen LogP contribution >= 0.6 is 11.8 Å². The maximum absolute atomic E-state index is 12.0. The fourth-order valence-corrected chi connectivity index (χ4v) is 2.26. The number of hydrogen-bond donors (Lipinski definition) is 2. The summed E-state index contributed by atoms with van der Waals surface area (Å²) in [6, 6.07) is -1.04. The van der Waals surface area contributed by atoms with Crippen molar-refractivity contribution in [3.8, 4) is 0 Å². The first-order chi connectivity index (χ1) is 8.79. The predicted molar refractivity (Wildman–Crippen MR) is 79.6 cm³/mol. The van der Waals surface area contributed by atoms with Crippen LogP contribution in [0.1, 0.15) is 33.6 Å². The van der Waals surface area contributed by atoms with Gasteiger partial charge in [-0.25, -0.2) is 9.59 Å². The molecular formula is C13H26N2O3S. The number of nitrogens with one attached hydrogen (secondary N) is 1. The van der Waals surface area contributed by atoms with Gasteiger partial charge in [-0.1, -0.05) is 13.8 Å². The van der Waals surface area contributed by atoms with Crippen molar-refractivity contribution in [2.75, 3.05) is 19.1 Å². The van der Waals surface area contributed by atoms with Gasteiger partial charge in [0.05, 0.1) is 0 Å². The van der Waals surface area contributed by atoms with E-state index in [1.54, 1.807) is 23.7 Å². The zero-order valence-electron chi connectivity index (χ0n) is 12.5. The van der Waals surface area contributed by atoms with Crippen molar-refractivity contribution < 1.29 is 14.7 Å². The molecule has 0 spiro atoms. The molecule has 6 heteroatoms. The standard InChI is InChI=1S/C13H26N2O3S/c1-9(2)8-10(3)15(4)13(18)14-11(12(16)17)6-7-19-5/h9-11H,6-8H2,1-5H3,(H,14,18)(H,16,17). The lowest BCUT2D eigenvalue weighted by molar-refractivity contribution is -0.139. The second kappa shape index (κ2) is 9.07. The van der Waals surface area contributed by atoms with E-state index >= 15 is 0 Å². The van der Waals surface area contributed by atoms with Crippen LogP contribution in [0, 0.1) is 5.92 Å². The molecule has 0 rings (SSSR count). The van der Waals surface area contributed by atoms with Gasteiger partial charge in [-0.05, 0) is 37.7 Å². The minimum atomic E-state index is -0.979. The molecular weight excluding hydrogens is 264 g/mol. The van der Waals surface area contributed by atoms with Gasteiger partial charge in [0.2, 0.25) is 0 Å². The van der Waals surface area contributed by atoms with Crippen LogP contribution in [0.15, 0.2) is 0 Å². The van der Waals surface area contributed by atoms with Crippen LogP contribution in [-0.2, 0) is 4.79 Å². The van der Waals surface area contributed by atoms with Crippen LogP contribution in [-0.4, -0.2) is 53.1 Å². The molecule has 0 fully saturated rings. The molecule has 2 amide bonds. The van der Waals surface area contributed by atoms with Crippen molar-refractivity contribution in [1.29, 1.82) is 0 Å². The third kappa shape index (κ3) is 7.30. The highest BCUT2D eigenvalue weighted by atomic mass is 32.2. The molecule has 112 valence electrons. The SMILES string of the molecule is CSCCC(NC(=O)N(C)C(C)CC(C)C)C(=O)O. The lowest BCUT2D eigenvalue weighted by Gasteiger charge is -2.28. The Morgan fingerprint density at radius 3 is 2.32 bits per heavy atom. The third-order valence-corrected chi connectivity index (χ3v) is 3.64. The molecule has 0 aromatic carbocycles. The highest BCUT2D eigenvalue weighted by Gasteiger charge is 2.23. The summed E-state index contributed by atoms with van der Waals surface area (Å²) in [5.41, 5.74) is 0. The molecule has 0 aliphatic carbocycles. The summed E-state index contributed by atoms with van der Waals surface area (Å²) < 4.78 is 0. The monoisotopic (exact) mass is 290 g/mol. The van der Waals surface area contributed by atoms with Gasteiger partial charge < -0.3 is 15.3 Å². The third-order valence-electron chi connectivity index (χ3n) is 3.00. The van der Waals surface area contributed by atoms with Crippen molar-refractivity contribution in [3.05, 3.63) is 0 Å². The summed E-state index contributed by atoms with van der Waals surface area (Å²) >= 11 is 1.57. The maximum atomic E-state index is 12.0. The van der Waals surface area contributed by atoms with Crippen LogP contribution in [0.3, 0.4) is 0 Å². The molecule has 0 aliphatic rings. The first kappa shape index (κ1) is 18.1. The zero-order valence-corrected chi connectivity index (χ0v) is 13.3. The van der Waals surface area contributed by atoms with Gasteiger partial charge in [-0.3, -0.25) is 0 Å². The fourth-order valence-electron chi connectivity index (χ4n) is 1.78. The summed E-state index contributed by atoms with van der Waals surface area (Å²) in [6.45, 7) is 6.17. The molecule has 0 bridgehead atoms. The van der Waals surface area contributed by atoms with Crippen molar-refractivity contribution >= 4 is 23.8 Å². The van der Waals surface area contributed by atoms with Gasteiger partial charge in [-0.15, -0.1) is 0 Å². The number of amides is 2. The van der Waals surface area contributed by atoms with Gasteiger partial charge in [0.25, 0.3) is 0 Å². The van der Waals surface area contributed by atoms with Gasteiger partial charge >= 0.3 is 12.0 Å². The number of aliphatic carboxylic acids is 1.